The Morgan fingerprint density at radius 3 is 2.37 bits per heavy atom. The van der Waals surface area contributed by atoms with Crippen LogP contribution >= 0.6 is 0 Å². The number of rotatable bonds is 3. The summed E-state index contributed by atoms with van der Waals surface area (Å²) in [6, 6.07) is 1.93. The van der Waals surface area contributed by atoms with Crippen molar-refractivity contribution in [1.29, 1.82) is 5.26 Å². The van der Waals surface area contributed by atoms with Crippen LogP contribution in [-0.4, -0.2) is 17.4 Å². The van der Waals surface area contributed by atoms with Gasteiger partial charge < -0.3 is 5.11 Å². The van der Waals surface area contributed by atoms with Gasteiger partial charge in [-0.15, -0.1) is 0 Å². The third kappa shape index (κ3) is 3.48. The summed E-state index contributed by atoms with van der Waals surface area (Å²) in [6.45, 7) is 2.24. The van der Waals surface area contributed by atoms with E-state index in [1.165, 1.54) is 38.5 Å². The molecule has 2 saturated carbocycles. The van der Waals surface area contributed by atoms with E-state index in [9.17, 15) is 9.50 Å². The van der Waals surface area contributed by atoms with Crippen LogP contribution in [0, 0.1) is 35.0 Å². The standard InChI is InChI=1S/C16H26FNO/c1-2-3-11-4-6-12(7-5-11)13-8-15(17)14(10-18)16(19)9-13/h11-16,19H,2-9H2,1H3. The van der Waals surface area contributed by atoms with Gasteiger partial charge in [-0.1, -0.05) is 32.6 Å². The van der Waals surface area contributed by atoms with Gasteiger partial charge in [-0.25, -0.2) is 4.39 Å². The lowest BCUT2D eigenvalue weighted by Gasteiger charge is -2.39. The fourth-order valence-corrected chi connectivity index (χ4v) is 4.14. The highest BCUT2D eigenvalue weighted by Gasteiger charge is 2.40. The Labute approximate surface area is 116 Å². The highest BCUT2D eigenvalue weighted by Crippen LogP contribution is 2.42. The SMILES string of the molecule is CCCC1CCC(C2CC(O)C(C#N)C(F)C2)CC1. The van der Waals surface area contributed by atoms with Gasteiger partial charge in [0.15, 0.2) is 0 Å². The first-order chi connectivity index (χ1) is 9.15. The Kier molecular flexibility index (Phi) is 5.21. The van der Waals surface area contributed by atoms with Crippen molar-refractivity contribution >= 4 is 0 Å². The second-order valence-corrected chi connectivity index (χ2v) is 6.54. The lowest BCUT2D eigenvalue weighted by molar-refractivity contribution is -0.00608. The lowest BCUT2D eigenvalue weighted by atomic mass is 9.67. The fourth-order valence-electron chi connectivity index (χ4n) is 4.14. The molecule has 0 amide bonds. The molecular weight excluding hydrogens is 241 g/mol. The predicted octanol–water partition coefficient (Wildman–Crippen LogP) is 3.84. The number of nitriles is 1. The highest BCUT2D eigenvalue weighted by molar-refractivity contribution is 4.99. The van der Waals surface area contributed by atoms with E-state index in [4.69, 9.17) is 5.26 Å². The van der Waals surface area contributed by atoms with Crippen molar-refractivity contribution in [1.82, 2.24) is 0 Å². The second-order valence-electron chi connectivity index (χ2n) is 6.54. The zero-order valence-corrected chi connectivity index (χ0v) is 11.9. The number of nitrogens with zero attached hydrogens (tertiary/aromatic N) is 1. The van der Waals surface area contributed by atoms with Gasteiger partial charge in [-0.2, -0.15) is 5.26 Å². The Hall–Kier alpha value is -0.620. The number of aliphatic hydroxyl groups is 1. The van der Waals surface area contributed by atoms with Crippen molar-refractivity contribution in [2.75, 3.05) is 0 Å². The zero-order valence-electron chi connectivity index (χ0n) is 11.9. The summed E-state index contributed by atoms with van der Waals surface area (Å²) in [5, 5.41) is 18.8. The first-order valence-corrected chi connectivity index (χ1v) is 7.87. The second kappa shape index (κ2) is 6.70. The molecule has 0 aromatic carbocycles. The average Bonchev–Trinajstić information content (AvgIpc) is 2.39. The first kappa shape index (κ1) is 14.8. The zero-order chi connectivity index (χ0) is 13.8. The predicted molar refractivity (Wildman–Crippen MR) is 73.1 cm³/mol. The molecule has 2 fully saturated rings. The maximum Gasteiger partial charge on any atom is 0.119 e. The van der Waals surface area contributed by atoms with Gasteiger partial charge in [-0.05, 0) is 43.4 Å². The highest BCUT2D eigenvalue weighted by atomic mass is 19.1. The van der Waals surface area contributed by atoms with Gasteiger partial charge in [-0.3, -0.25) is 0 Å². The van der Waals surface area contributed by atoms with E-state index in [0.717, 1.165) is 5.92 Å². The van der Waals surface area contributed by atoms with E-state index in [0.29, 0.717) is 18.8 Å². The van der Waals surface area contributed by atoms with Crippen LogP contribution in [-0.2, 0) is 0 Å². The van der Waals surface area contributed by atoms with E-state index < -0.39 is 18.2 Å². The normalized spacial score (nSPS) is 43.7. The molecule has 0 aromatic heterocycles. The molecule has 0 aliphatic heterocycles. The molecule has 4 unspecified atom stereocenters. The molecule has 0 saturated heterocycles. The third-order valence-corrected chi connectivity index (χ3v) is 5.28. The Balaban J connectivity index is 1.86. The minimum atomic E-state index is -1.13. The number of halogens is 1. The topological polar surface area (TPSA) is 44.0 Å². The van der Waals surface area contributed by atoms with Crippen molar-refractivity contribution < 1.29 is 9.50 Å². The van der Waals surface area contributed by atoms with E-state index in [-0.39, 0.29) is 5.92 Å². The van der Waals surface area contributed by atoms with Crippen LogP contribution in [0.25, 0.3) is 0 Å². The molecule has 3 heteroatoms. The molecule has 0 aromatic rings. The molecule has 0 radical (unpaired) electrons. The van der Waals surface area contributed by atoms with Gasteiger partial charge >= 0.3 is 0 Å². The van der Waals surface area contributed by atoms with Crippen molar-refractivity contribution in [3.05, 3.63) is 0 Å². The molecule has 2 rings (SSSR count). The number of aliphatic hydroxyl groups excluding tert-OH is 1. The van der Waals surface area contributed by atoms with Crippen molar-refractivity contribution in [2.45, 2.75) is 70.6 Å². The summed E-state index contributed by atoms with van der Waals surface area (Å²) >= 11 is 0. The van der Waals surface area contributed by atoms with Crippen molar-refractivity contribution in [3.63, 3.8) is 0 Å². The van der Waals surface area contributed by atoms with Crippen molar-refractivity contribution in [2.24, 2.45) is 23.7 Å². The van der Waals surface area contributed by atoms with Gasteiger partial charge in [0.1, 0.15) is 12.1 Å². The molecule has 2 aliphatic carbocycles. The first-order valence-electron chi connectivity index (χ1n) is 7.87. The maximum absolute atomic E-state index is 13.9. The smallest absolute Gasteiger partial charge is 0.119 e. The summed E-state index contributed by atoms with van der Waals surface area (Å²) in [5.41, 5.74) is 0. The molecule has 0 spiro atoms. The summed E-state index contributed by atoms with van der Waals surface area (Å²) in [7, 11) is 0. The number of hydrogen-bond acceptors (Lipinski definition) is 2. The molecule has 1 N–H and O–H groups in total. The largest absolute Gasteiger partial charge is 0.392 e. The van der Waals surface area contributed by atoms with E-state index in [1.54, 1.807) is 0 Å². The summed E-state index contributed by atoms with van der Waals surface area (Å²) in [6.07, 6.45) is 6.71. The van der Waals surface area contributed by atoms with Crippen LogP contribution in [0.5, 0.6) is 0 Å². The fraction of sp³-hybridized carbons (Fsp3) is 0.938. The molecule has 19 heavy (non-hydrogen) atoms. The maximum atomic E-state index is 13.9. The lowest BCUT2D eigenvalue weighted by Crippen LogP contribution is -2.40. The quantitative estimate of drug-likeness (QED) is 0.844. The molecule has 2 aliphatic rings. The molecule has 0 heterocycles. The van der Waals surface area contributed by atoms with E-state index >= 15 is 0 Å². The van der Waals surface area contributed by atoms with Crippen LogP contribution < -0.4 is 0 Å². The van der Waals surface area contributed by atoms with E-state index in [1.807, 2.05) is 6.07 Å². The third-order valence-electron chi connectivity index (χ3n) is 5.28. The van der Waals surface area contributed by atoms with Crippen LogP contribution in [0.1, 0.15) is 58.3 Å². The number of alkyl halides is 1. The van der Waals surface area contributed by atoms with Gasteiger partial charge in [0.2, 0.25) is 0 Å². The number of hydrogen-bond donors (Lipinski definition) is 1. The average molecular weight is 267 g/mol. The summed E-state index contributed by atoms with van der Waals surface area (Å²) in [4.78, 5) is 0. The van der Waals surface area contributed by atoms with Crippen LogP contribution in [0.3, 0.4) is 0 Å². The minimum Gasteiger partial charge on any atom is -0.392 e. The Morgan fingerprint density at radius 1 is 1.16 bits per heavy atom. The Bertz CT molecular complexity index is 307. The monoisotopic (exact) mass is 267 g/mol. The molecule has 2 nitrogen and oxygen atoms in total. The summed E-state index contributed by atoms with van der Waals surface area (Å²) in [5.74, 6) is 0.924. The Morgan fingerprint density at radius 2 is 1.84 bits per heavy atom. The van der Waals surface area contributed by atoms with Crippen molar-refractivity contribution in [3.8, 4) is 6.07 Å². The molecular formula is C16H26FNO. The molecule has 4 atom stereocenters. The molecule has 0 bridgehead atoms. The molecule has 108 valence electrons. The van der Waals surface area contributed by atoms with Gasteiger partial charge in [0.25, 0.3) is 0 Å². The van der Waals surface area contributed by atoms with Gasteiger partial charge in [0.05, 0.1) is 12.2 Å². The van der Waals surface area contributed by atoms with Crippen LogP contribution in [0.2, 0.25) is 0 Å². The van der Waals surface area contributed by atoms with Crippen LogP contribution in [0.4, 0.5) is 4.39 Å². The van der Waals surface area contributed by atoms with Gasteiger partial charge in [0, 0.05) is 0 Å². The minimum absolute atomic E-state index is 0.289. The van der Waals surface area contributed by atoms with E-state index in [2.05, 4.69) is 6.92 Å². The summed E-state index contributed by atoms with van der Waals surface area (Å²) < 4.78 is 13.9. The van der Waals surface area contributed by atoms with Crippen LogP contribution in [0.15, 0.2) is 0 Å².